The number of fused-ring (bicyclic) bond motifs is 1. The smallest absolute Gasteiger partial charge is 0.0482 e. The third kappa shape index (κ3) is 4.29. The van der Waals surface area contributed by atoms with E-state index in [2.05, 4.69) is 73.5 Å². The molecule has 0 saturated carbocycles. The lowest BCUT2D eigenvalue weighted by molar-refractivity contribution is 0.564. The Hall–Kier alpha value is -0.930. The highest BCUT2D eigenvalue weighted by atomic mass is 32.2. The number of aromatic nitrogens is 1. The summed E-state index contributed by atoms with van der Waals surface area (Å²) in [6.07, 6.45) is 7.75. The van der Waals surface area contributed by atoms with Crippen LogP contribution in [0.4, 0.5) is 0 Å². The Morgan fingerprint density at radius 2 is 1.90 bits per heavy atom. The fourth-order valence-corrected chi connectivity index (χ4v) is 3.10. The Morgan fingerprint density at radius 1 is 1.20 bits per heavy atom. The predicted octanol–water partition coefficient (Wildman–Crippen LogP) is 4.69. The maximum Gasteiger partial charge on any atom is 0.0482 e. The van der Waals surface area contributed by atoms with E-state index in [0.29, 0.717) is 6.04 Å². The second-order valence-electron chi connectivity index (χ2n) is 6.36. The number of nitrogens with one attached hydrogen (secondary N) is 1. The molecule has 0 radical (unpaired) electrons. The van der Waals surface area contributed by atoms with E-state index >= 15 is 0 Å². The molecule has 0 fully saturated rings. The Labute approximate surface area is 127 Å². The van der Waals surface area contributed by atoms with Crippen LogP contribution in [0.1, 0.15) is 46.1 Å². The van der Waals surface area contributed by atoms with Crippen LogP contribution in [0.2, 0.25) is 0 Å². The van der Waals surface area contributed by atoms with Gasteiger partial charge in [0.25, 0.3) is 0 Å². The lowest BCUT2D eigenvalue weighted by atomic mass is 10.0. The van der Waals surface area contributed by atoms with Crippen molar-refractivity contribution in [1.29, 1.82) is 0 Å². The van der Waals surface area contributed by atoms with Crippen molar-refractivity contribution in [3.05, 3.63) is 42.2 Å². The van der Waals surface area contributed by atoms with Crippen LogP contribution in [0.25, 0.3) is 5.52 Å². The minimum Gasteiger partial charge on any atom is -0.324 e. The molecular formula is C17H26N2S. The molecule has 1 unspecified atom stereocenters. The van der Waals surface area contributed by atoms with Crippen LogP contribution < -0.4 is 4.72 Å². The van der Waals surface area contributed by atoms with Crippen LogP contribution in [0.5, 0.6) is 0 Å². The zero-order valence-electron chi connectivity index (χ0n) is 13.0. The zero-order chi connectivity index (χ0) is 14.6. The SMILES string of the molecule is CCCC(Cc1cccn2cccc12)NSC(C)(C)C. The number of hydrogen-bond acceptors (Lipinski definition) is 2. The van der Waals surface area contributed by atoms with Gasteiger partial charge in [0.05, 0.1) is 0 Å². The zero-order valence-corrected chi connectivity index (χ0v) is 13.8. The number of hydrogen-bond donors (Lipinski definition) is 1. The first-order valence-corrected chi connectivity index (χ1v) is 8.29. The van der Waals surface area contributed by atoms with E-state index < -0.39 is 0 Å². The lowest BCUT2D eigenvalue weighted by Gasteiger charge is -2.24. The molecule has 2 nitrogen and oxygen atoms in total. The van der Waals surface area contributed by atoms with E-state index in [1.807, 2.05) is 11.9 Å². The Bertz CT molecular complexity index is 539. The predicted molar refractivity (Wildman–Crippen MR) is 90.3 cm³/mol. The summed E-state index contributed by atoms with van der Waals surface area (Å²) in [5, 5.41) is 0. The van der Waals surface area contributed by atoms with Gasteiger partial charge in [-0.1, -0.05) is 31.4 Å². The second-order valence-corrected chi connectivity index (χ2v) is 8.02. The van der Waals surface area contributed by atoms with Gasteiger partial charge < -0.3 is 4.40 Å². The minimum absolute atomic E-state index is 0.257. The molecule has 20 heavy (non-hydrogen) atoms. The van der Waals surface area contributed by atoms with E-state index in [1.165, 1.54) is 23.9 Å². The fraction of sp³-hybridized carbons (Fsp3) is 0.529. The summed E-state index contributed by atoms with van der Waals surface area (Å²) in [6, 6.07) is 9.24. The summed E-state index contributed by atoms with van der Waals surface area (Å²) in [5.41, 5.74) is 2.76. The van der Waals surface area contributed by atoms with E-state index in [9.17, 15) is 0 Å². The summed E-state index contributed by atoms with van der Waals surface area (Å²) < 4.78 is 6.13. The van der Waals surface area contributed by atoms with Crippen molar-refractivity contribution in [2.24, 2.45) is 0 Å². The second kappa shape index (κ2) is 6.68. The van der Waals surface area contributed by atoms with Gasteiger partial charge in [-0.05, 0) is 57.4 Å². The number of rotatable bonds is 6. The van der Waals surface area contributed by atoms with E-state index in [-0.39, 0.29) is 4.75 Å². The molecule has 0 saturated heterocycles. The quantitative estimate of drug-likeness (QED) is 0.777. The van der Waals surface area contributed by atoms with Crippen LogP contribution in [0.15, 0.2) is 36.7 Å². The highest BCUT2D eigenvalue weighted by Gasteiger charge is 2.16. The molecule has 0 amide bonds. The lowest BCUT2D eigenvalue weighted by Crippen LogP contribution is -2.29. The van der Waals surface area contributed by atoms with Crippen LogP contribution >= 0.6 is 11.9 Å². The summed E-state index contributed by atoms with van der Waals surface area (Å²) in [6.45, 7) is 9.01. The van der Waals surface area contributed by atoms with Gasteiger partial charge in [-0.3, -0.25) is 4.72 Å². The molecule has 3 heteroatoms. The van der Waals surface area contributed by atoms with Gasteiger partial charge in [0.2, 0.25) is 0 Å². The van der Waals surface area contributed by atoms with Crippen LogP contribution in [0, 0.1) is 0 Å². The average Bonchev–Trinajstić information content (AvgIpc) is 2.84. The molecule has 0 aliphatic heterocycles. The van der Waals surface area contributed by atoms with Crippen molar-refractivity contribution in [3.63, 3.8) is 0 Å². The molecule has 0 aliphatic carbocycles. The Morgan fingerprint density at radius 3 is 2.55 bits per heavy atom. The average molecular weight is 290 g/mol. The van der Waals surface area contributed by atoms with Gasteiger partial charge in [-0.15, -0.1) is 0 Å². The van der Waals surface area contributed by atoms with Crippen molar-refractivity contribution in [3.8, 4) is 0 Å². The summed E-state index contributed by atoms with van der Waals surface area (Å²) in [4.78, 5) is 0. The van der Waals surface area contributed by atoms with Crippen molar-refractivity contribution < 1.29 is 0 Å². The first-order valence-electron chi connectivity index (χ1n) is 7.47. The number of pyridine rings is 1. The summed E-state index contributed by atoms with van der Waals surface area (Å²) in [5.74, 6) is 0. The van der Waals surface area contributed by atoms with Crippen molar-refractivity contribution in [2.45, 2.75) is 57.7 Å². The topological polar surface area (TPSA) is 16.4 Å². The normalized spacial score (nSPS) is 13.8. The van der Waals surface area contributed by atoms with Gasteiger partial charge in [0.1, 0.15) is 0 Å². The first kappa shape index (κ1) is 15.5. The van der Waals surface area contributed by atoms with E-state index in [0.717, 1.165) is 6.42 Å². The third-order valence-electron chi connectivity index (χ3n) is 3.29. The highest BCUT2D eigenvalue weighted by Crippen LogP contribution is 2.23. The Balaban J connectivity index is 2.09. The maximum absolute atomic E-state index is 3.67. The van der Waals surface area contributed by atoms with Gasteiger partial charge in [-0.25, -0.2) is 0 Å². The third-order valence-corrected chi connectivity index (χ3v) is 4.35. The largest absolute Gasteiger partial charge is 0.324 e. The monoisotopic (exact) mass is 290 g/mol. The van der Waals surface area contributed by atoms with E-state index in [1.54, 1.807) is 0 Å². The maximum atomic E-state index is 3.67. The molecule has 0 spiro atoms. The molecule has 2 aromatic rings. The molecule has 1 atom stereocenters. The Kier molecular flexibility index (Phi) is 5.17. The summed E-state index contributed by atoms with van der Waals surface area (Å²) >= 11 is 1.85. The van der Waals surface area contributed by atoms with Crippen molar-refractivity contribution >= 4 is 17.5 Å². The van der Waals surface area contributed by atoms with Gasteiger partial charge in [-0.2, -0.15) is 0 Å². The van der Waals surface area contributed by atoms with Crippen LogP contribution in [-0.2, 0) is 6.42 Å². The highest BCUT2D eigenvalue weighted by molar-refractivity contribution is 7.98. The minimum atomic E-state index is 0.257. The molecule has 2 heterocycles. The molecular weight excluding hydrogens is 264 g/mol. The molecule has 0 aromatic carbocycles. The van der Waals surface area contributed by atoms with Crippen LogP contribution in [-0.4, -0.2) is 15.2 Å². The first-order chi connectivity index (χ1) is 9.49. The van der Waals surface area contributed by atoms with Crippen molar-refractivity contribution in [2.75, 3.05) is 0 Å². The standard InChI is InChI=1S/C17H26N2S/c1-5-8-15(18-20-17(2,3)4)13-14-9-6-11-19-12-7-10-16(14)19/h6-7,9-12,15,18H,5,8,13H2,1-4H3. The van der Waals surface area contributed by atoms with Gasteiger partial charge in [0, 0.05) is 28.7 Å². The van der Waals surface area contributed by atoms with Crippen LogP contribution in [0.3, 0.4) is 0 Å². The molecule has 110 valence electrons. The van der Waals surface area contributed by atoms with Gasteiger partial charge in [0.15, 0.2) is 0 Å². The molecule has 0 aliphatic rings. The number of nitrogens with zero attached hydrogens (tertiary/aromatic N) is 1. The van der Waals surface area contributed by atoms with Crippen molar-refractivity contribution in [1.82, 2.24) is 9.12 Å². The van der Waals surface area contributed by atoms with Gasteiger partial charge >= 0.3 is 0 Å². The fourth-order valence-electron chi connectivity index (χ4n) is 2.38. The molecule has 2 rings (SSSR count). The summed E-state index contributed by atoms with van der Waals surface area (Å²) in [7, 11) is 0. The molecule has 1 N–H and O–H groups in total. The van der Waals surface area contributed by atoms with E-state index in [4.69, 9.17) is 0 Å². The molecule has 2 aromatic heterocycles. The molecule has 0 bridgehead atoms.